The van der Waals surface area contributed by atoms with E-state index in [1.54, 1.807) is 0 Å². The Bertz CT molecular complexity index is 586. The van der Waals surface area contributed by atoms with E-state index in [1.165, 1.54) is 32.1 Å². The number of ether oxygens (including phenoxy) is 2. The third-order valence-corrected chi connectivity index (χ3v) is 8.36. The summed E-state index contributed by atoms with van der Waals surface area (Å²) in [6.07, 6.45) is 16.8. The van der Waals surface area contributed by atoms with Crippen molar-refractivity contribution >= 4 is 11.9 Å². The van der Waals surface area contributed by atoms with E-state index in [9.17, 15) is 9.59 Å². The lowest BCUT2D eigenvalue weighted by Gasteiger charge is -2.69. The van der Waals surface area contributed by atoms with E-state index in [1.807, 2.05) is 0 Å². The minimum Gasteiger partial charge on any atom is -0.465 e. The van der Waals surface area contributed by atoms with Gasteiger partial charge in [0.25, 0.3) is 0 Å². The first-order chi connectivity index (χ1) is 15.2. The van der Waals surface area contributed by atoms with E-state index < -0.39 is 0 Å². The molecule has 0 aromatic carbocycles. The molecule has 0 N–H and O–H groups in total. The molecule has 0 radical (unpaired) electrons. The van der Waals surface area contributed by atoms with Crippen molar-refractivity contribution in [2.45, 2.75) is 130 Å². The summed E-state index contributed by atoms with van der Waals surface area (Å²) in [4.78, 5) is 24.8. The molecule has 0 unspecified atom stereocenters. The van der Waals surface area contributed by atoms with Crippen LogP contribution >= 0.6 is 0 Å². The second kappa shape index (κ2) is 10.5. The van der Waals surface area contributed by atoms with Crippen LogP contribution in [0.3, 0.4) is 0 Å². The number of hydrogen-bond acceptors (Lipinski definition) is 4. The van der Waals surface area contributed by atoms with Crippen molar-refractivity contribution < 1.29 is 19.1 Å². The number of unbranched alkanes of at least 4 members (excludes halogenated alkanes) is 6. The highest BCUT2D eigenvalue weighted by Gasteiger charge is 2.66. The van der Waals surface area contributed by atoms with E-state index >= 15 is 0 Å². The molecule has 4 heteroatoms. The van der Waals surface area contributed by atoms with E-state index in [4.69, 9.17) is 9.47 Å². The van der Waals surface area contributed by atoms with E-state index in [0.29, 0.717) is 26.1 Å². The van der Waals surface area contributed by atoms with E-state index in [-0.39, 0.29) is 33.6 Å². The van der Waals surface area contributed by atoms with Crippen LogP contribution in [0.2, 0.25) is 0 Å². The van der Waals surface area contributed by atoms with Crippen molar-refractivity contribution in [3.8, 4) is 0 Å². The lowest BCUT2D eigenvalue weighted by molar-refractivity contribution is -0.221. The SMILES string of the molecule is CCCCCCC(=O)OCC12CC3(C)CC(C)(C1)CC(COC(=O)CCCCCC)(C3)C2. The Morgan fingerprint density at radius 1 is 0.594 bits per heavy atom. The molecule has 4 nitrogen and oxygen atoms in total. The number of esters is 2. The molecule has 0 aromatic rings. The molecular formula is C28H48O4. The first-order valence-electron chi connectivity index (χ1n) is 13.5. The zero-order valence-corrected chi connectivity index (χ0v) is 21.4. The second-order valence-electron chi connectivity index (χ2n) is 12.6. The molecule has 4 saturated carbocycles. The van der Waals surface area contributed by atoms with Crippen molar-refractivity contribution in [1.82, 2.24) is 0 Å². The number of carbonyl (C=O) groups is 2. The zero-order valence-electron chi connectivity index (χ0n) is 21.4. The average molecular weight is 449 g/mol. The summed E-state index contributed by atoms with van der Waals surface area (Å²) < 4.78 is 11.8. The summed E-state index contributed by atoms with van der Waals surface area (Å²) in [5.41, 5.74) is 0.658. The third kappa shape index (κ3) is 6.50. The van der Waals surface area contributed by atoms with Gasteiger partial charge in [-0.1, -0.05) is 66.2 Å². The Hall–Kier alpha value is -1.06. The maximum Gasteiger partial charge on any atom is 0.305 e. The van der Waals surface area contributed by atoms with Gasteiger partial charge < -0.3 is 9.47 Å². The van der Waals surface area contributed by atoms with Crippen molar-refractivity contribution in [2.75, 3.05) is 13.2 Å². The van der Waals surface area contributed by atoms with Crippen LogP contribution in [0.4, 0.5) is 0 Å². The summed E-state index contributed by atoms with van der Waals surface area (Å²) in [7, 11) is 0. The van der Waals surface area contributed by atoms with Crippen LogP contribution in [0.15, 0.2) is 0 Å². The van der Waals surface area contributed by atoms with Crippen molar-refractivity contribution in [2.24, 2.45) is 21.7 Å². The molecule has 0 aliphatic heterocycles. The van der Waals surface area contributed by atoms with Gasteiger partial charge in [-0.25, -0.2) is 0 Å². The van der Waals surface area contributed by atoms with Gasteiger partial charge in [-0.2, -0.15) is 0 Å². The minimum absolute atomic E-state index is 0.0280. The normalized spacial score (nSPS) is 35.1. The fraction of sp³-hybridized carbons (Fsp3) is 0.929. The molecule has 4 aliphatic rings. The van der Waals surface area contributed by atoms with Crippen LogP contribution in [0.1, 0.15) is 130 Å². The molecule has 4 aliphatic carbocycles. The van der Waals surface area contributed by atoms with Crippen molar-refractivity contribution in [3.63, 3.8) is 0 Å². The van der Waals surface area contributed by atoms with Gasteiger partial charge in [-0.3, -0.25) is 9.59 Å². The first kappa shape index (κ1) is 25.6. The number of hydrogen-bond donors (Lipinski definition) is 0. The molecule has 4 fully saturated rings. The molecule has 0 saturated heterocycles. The maximum atomic E-state index is 12.4. The van der Waals surface area contributed by atoms with Gasteiger partial charge >= 0.3 is 11.9 Å². The van der Waals surface area contributed by atoms with Gasteiger partial charge in [0, 0.05) is 23.7 Å². The molecule has 0 atom stereocenters. The quantitative estimate of drug-likeness (QED) is 0.205. The van der Waals surface area contributed by atoms with Gasteiger partial charge in [0.15, 0.2) is 0 Å². The van der Waals surface area contributed by atoms with Gasteiger partial charge in [-0.05, 0) is 62.2 Å². The smallest absolute Gasteiger partial charge is 0.305 e. The van der Waals surface area contributed by atoms with Crippen LogP contribution in [0.25, 0.3) is 0 Å². The minimum atomic E-state index is -0.0280. The first-order valence-corrected chi connectivity index (χ1v) is 13.5. The molecule has 32 heavy (non-hydrogen) atoms. The van der Waals surface area contributed by atoms with Gasteiger partial charge in [-0.15, -0.1) is 0 Å². The standard InChI is InChI=1S/C28H48O4/c1-5-7-9-11-13-23(29)31-21-27-16-25(3)15-26(4,17-27)19-28(18-25,20-27)22-32-24(30)14-12-10-8-6-2/h5-22H2,1-4H3. The summed E-state index contributed by atoms with van der Waals surface area (Å²) in [5, 5.41) is 0. The molecule has 0 heterocycles. The second-order valence-corrected chi connectivity index (χ2v) is 12.6. The van der Waals surface area contributed by atoms with Crippen LogP contribution in [0, 0.1) is 21.7 Å². The Morgan fingerprint density at radius 3 is 1.38 bits per heavy atom. The van der Waals surface area contributed by atoms with Crippen molar-refractivity contribution in [1.29, 1.82) is 0 Å². The fourth-order valence-corrected chi connectivity index (χ4v) is 8.51. The van der Waals surface area contributed by atoms with E-state index in [2.05, 4.69) is 27.7 Å². The zero-order chi connectivity index (χ0) is 23.3. The maximum absolute atomic E-state index is 12.4. The predicted octanol–water partition coefficient (Wildman–Crippen LogP) is 7.38. The summed E-state index contributed by atoms with van der Waals surface area (Å²) >= 11 is 0. The van der Waals surface area contributed by atoms with Gasteiger partial charge in [0.05, 0.1) is 13.2 Å². The summed E-state index contributed by atoms with van der Waals surface area (Å²) in [6, 6.07) is 0. The molecule has 0 amide bonds. The predicted molar refractivity (Wildman–Crippen MR) is 128 cm³/mol. The van der Waals surface area contributed by atoms with Crippen LogP contribution < -0.4 is 0 Å². The van der Waals surface area contributed by atoms with Crippen LogP contribution in [0.5, 0.6) is 0 Å². The molecule has 4 rings (SSSR count). The third-order valence-electron chi connectivity index (χ3n) is 8.36. The van der Waals surface area contributed by atoms with Gasteiger partial charge in [0.2, 0.25) is 0 Å². The Balaban J connectivity index is 1.58. The number of rotatable bonds is 14. The monoisotopic (exact) mass is 448 g/mol. The lowest BCUT2D eigenvalue weighted by Crippen LogP contribution is -2.62. The topological polar surface area (TPSA) is 52.6 Å². The van der Waals surface area contributed by atoms with Gasteiger partial charge in [0.1, 0.15) is 0 Å². The summed E-state index contributed by atoms with van der Waals surface area (Å²) in [5.74, 6) is -0.0561. The lowest BCUT2D eigenvalue weighted by atomic mass is 9.36. The highest BCUT2D eigenvalue weighted by atomic mass is 16.5. The Kier molecular flexibility index (Phi) is 8.36. The molecule has 184 valence electrons. The van der Waals surface area contributed by atoms with Crippen LogP contribution in [-0.4, -0.2) is 25.2 Å². The highest BCUT2D eigenvalue weighted by molar-refractivity contribution is 5.69. The molecule has 4 bridgehead atoms. The number of carbonyl (C=O) groups excluding carboxylic acids is 2. The summed E-state index contributed by atoms with van der Waals surface area (Å²) in [6.45, 7) is 10.3. The Morgan fingerprint density at radius 2 is 1.00 bits per heavy atom. The average Bonchev–Trinajstić information content (AvgIpc) is 2.69. The van der Waals surface area contributed by atoms with Crippen LogP contribution in [-0.2, 0) is 19.1 Å². The largest absolute Gasteiger partial charge is 0.465 e. The Labute approximate surface area is 196 Å². The van der Waals surface area contributed by atoms with Crippen molar-refractivity contribution in [3.05, 3.63) is 0 Å². The molecule has 0 spiro atoms. The highest BCUT2D eigenvalue weighted by Crippen LogP contribution is 2.73. The molecule has 0 aromatic heterocycles. The molecular weight excluding hydrogens is 400 g/mol. The fourth-order valence-electron chi connectivity index (χ4n) is 8.51. The van der Waals surface area contributed by atoms with E-state index in [0.717, 1.165) is 57.8 Å².